The number of hydrogen-bond donors (Lipinski definition) is 2. The van der Waals surface area contributed by atoms with Gasteiger partial charge in [0.2, 0.25) is 11.5 Å². The number of piperidine rings is 1. The van der Waals surface area contributed by atoms with E-state index in [0.717, 1.165) is 12.8 Å². The Morgan fingerprint density at radius 3 is 2.84 bits per heavy atom. The number of aromatic amines is 1. The Balaban J connectivity index is 2.08. The number of aromatic nitrogens is 1. The summed E-state index contributed by atoms with van der Waals surface area (Å²) in [5, 5.41) is 2.62. The van der Waals surface area contributed by atoms with Gasteiger partial charge in [-0.25, -0.2) is 0 Å². The predicted molar refractivity (Wildman–Crippen MR) is 69.8 cm³/mol. The molecule has 2 rings (SSSR count). The van der Waals surface area contributed by atoms with Crippen LogP contribution in [0.3, 0.4) is 0 Å². The van der Waals surface area contributed by atoms with E-state index >= 15 is 0 Å². The molecular weight excluding hydrogens is 246 g/mol. The number of carbonyl (C=O) groups excluding carboxylic acids is 2. The molecule has 1 saturated heterocycles. The van der Waals surface area contributed by atoms with E-state index in [-0.39, 0.29) is 23.3 Å². The maximum Gasteiger partial charge on any atom is 0.255 e. The van der Waals surface area contributed by atoms with Gasteiger partial charge in [0.1, 0.15) is 0 Å². The fourth-order valence-electron chi connectivity index (χ4n) is 2.31. The third-order valence-corrected chi connectivity index (χ3v) is 3.36. The molecule has 1 aliphatic rings. The lowest BCUT2D eigenvalue weighted by atomic mass is 9.96. The minimum atomic E-state index is -0.238. The normalized spacial score (nSPS) is 19.0. The number of H-pyrrole nitrogens is 1. The number of hydrogen-bond acceptors (Lipinski definition) is 3. The molecule has 0 unspecified atom stereocenters. The minimum absolute atomic E-state index is 0.0287. The van der Waals surface area contributed by atoms with E-state index in [1.54, 1.807) is 11.9 Å². The molecule has 1 fully saturated rings. The fraction of sp³-hybridized carbons (Fsp3) is 0.462. The summed E-state index contributed by atoms with van der Waals surface area (Å²) in [6.45, 7) is 1.07. The molecular formula is C13H17N3O3. The Bertz CT molecular complexity index is 518. The van der Waals surface area contributed by atoms with Crippen LogP contribution in [0.5, 0.6) is 0 Å². The Morgan fingerprint density at radius 2 is 2.21 bits per heavy atom. The van der Waals surface area contributed by atoms with Gasteiger partial charge in [-0.1, -0.05) is 0 Å². The van der Waals surface area contributed by atoms with Crippen LogP contribution < -0.4 is 10.9 Å². The van der Waals surface area contributed by atoms with E-state index < -0.39 is 0 Å². The van der Waals surface area contributed by atoms with Crippen molar-refractivity contribution in [2.24, 2.45) is 5.92 Å². The van der Waals surface area contributed by atoms with E-state index in [1.165, 1.54) is 18.3 Å². The maximum absolute atomic E-state index is 12.2. The van der Waals surface area contributed by atoms with Crippen molar-refractivity contribution < 1.29 is 9.59 Å². The Kier molecular flexibility index (Phi) is 3.99. The van der Waals surface area contributed by atoms with Crippen LogP contribution in [0.1, 0.15) is 23.2 Å². The smallest absolute Gasteiger partial charge is 0.255 e. The van der Waals surface area contributed by atoms with E-state index in [0.29, 0.717) is 18.7 Å². The highest BCUT2D eigenvalue weighted by atomic mass is 16.2. The van der Waals surface area contributed by atoms with Crippen LogP contribution in [-0.2, 0) is 4.79 Å². The molecule has 6 heteroatoms. The number of nitrogens with zero attached hydrogens (tertiary/aromatic N) is 1. The molecule has 0 spiro atoms. The molecule has 0 bridgehead atoms. The molecule has 0 aliphatic carbocycles. The van der Waals surface area contributed by atoms with Gasteiger partial charge in [0.05, 0.1) is 11.5 Å². The average molecular weight is 263 g/mol. The van der Waals surface area contributed by atoms with E-state index in [2.05, 4.69) is 10.3 Å². The van der Waals surface area contributed by atoms with Crippen molar-refractivity contribution >= 4 is 11.8 Å². The van der Waals surface area contributed by atoms with Crippen molar-refractivity contribution in [1.82, 2.24) is 15.2 Å². The zero-order chi connectivity index (χ0) is 13.8. The number of rotatable bonds is 2. The highest BCUT2D eigenvalue weighted by Crippen LogP contribution is 2.18. The van der Waals surface area contributed by atoms with Crippen molar-refractivity contribution in [1.29, 1.82) is 0 Å². The van der Waals surface area contributed by atoms with Crippen LogP contribution in [0.25, 0.3) is 0 Å². The van der Waals surface area contributed by atoms with Crippen LogP contribution in [0, 0.1) is 5.92 Å². The third kappa shape index (κ3) is 3.01. The van der Waals surface area contributed by atoms with Gasteiger partial charge >= 0.3 is 0 Å². The monoisotopic (exact) mass is 263 g/mol. The molecule has 19 heavy (non-hydrogen) atoms. The Morgan fingerprint density at radius 1 is 1.42 bits per heavy atom. The largest absolute Gasteiger partial charge is 0.359 e. The lowest BCUT2D eigenvalue weighted by molar-refractivity contribution is -0.125. The standard InChI is InChI=1S/C13H17N3O3/c1-14-12(18)10-3-2-6-16(8-10)13(19)9-4-5-11(17)15-7-9/h4-5,7,10H,2-3,6,8H2,1H3,(H,14,18)(H,15,17)/t10-/m0/s1. The highest BCUT2D eigenvalue weighted by Gasteiger charge is 2.28. The van der Waals surface area contributed by atoms with E-state index in [4.69, 9.17) is 0 Å². The molecule has 0 saturated carbocycles. The van der Waals surface area contributed by atoms with Crippen molar-refractivity contribution in [3.05, 3.63) is 34.2 Å². The van der Waals surface area contributed by atoms with E-state index in [9.17, 15) is 14.4 Å². The van der Waals surface area contributed by atoms with Gasteiger partial charge in [-0.3, -0.25) is 14.4 Å². The third-order valence-electron chi connectivity index (χ3n) is 3.36. The summed E-state index contributed by atoms with van der Waals surface area (Å²) in [6, 6.07) is 2.83. The number of carbonyl (C=O) groups is 2. The molecule has 1 aromatic heterocycles. The van der Waals surface area contributed by atoms with Crippen molar-refractivity contribution in [2.75, 3.05) is 20.1 Å². The molecule has 1 aromatic rings. The first-order valence-corrected chi connectivity index (χ1v) is 6.31. The second kappa shape index (κ2) is 5.69. The average Bonchev–Trinajstić information content (AvgIpc) is 2.46. The maximum atomic E-state index is 12.2. The molecule has 1 atom stereocenters. The highest BCUT2D eigenvalue weighted by molar-refractivity contribution is 5.94. The summed E-state index contributed by atoms with van der Waals surface area (Å²) in [7, 11) is 1.60. The lowest BCUT2D eigenvalue weighted by Crippen LogP contribution is -2.44. The lowest BCUT2D eigenvalue weighted by Gasteiger charge is -2.31. The molecule has 2 heterocycles. The fourth-order valence-corrected chi connectivity index (χ4v) is 2.31. The zero-order valence-electron chi connectivity index (χ0n) is 10.8. The van der Waals surface area contributed by atoms with Crippen LogP contribution in [0.2, 0.25) is 0 Å². The summed E-state index contributed by atoms with van der Waals surface area (Å²) in [5.74, 6) is -0.325. The van der Waals surface area contributed by atoms with Crippen LogP contribution >= 0.6 is 0 Å². The molecule has 0 radical (unpaired) electrons. The van der Waals surface area contributed by atoms with Gasteiger partial charge in [0.15, 0.2) is 0 Å². The topological polar surface area (TPSA) is 82.3 Å². The van der Waals surface area contributed by atoms with E-state index in [1.807, 2.05) is 0 Å². The van der Waals surface area contributed by atoms with Gasteiger partial charge in [-0.05, 0) is 18.9 Å². The zero-order valence-corrected chi connectivity index (χ0v) is 10.8. The van der Waals surface area contributed by atoms with Gasteiger partial charge in [0.25, 0.3) is 5.91 Å². The summed E-state index contributed by atoms with van der Waals surface area (Å²) >= 11 is 0. The minimum Gasteiger partial charge on any atom is -0.359 e. The Labute approximate surface area is 110 Å². The van der Waals surface area contributed by atoms with Crippen molar-refractivity contribution in [3.63, 3.8) is 0 Å². The first kappa shape index (κ1) is 13.3. The molecule has 2 amide bonds. The van der Waals surface area contributed by atoms with Gasteiger partial charge in [0, 0.05) is 32.4 Å². The molecule has 2 N–H and O–H groups in total. The number of likely N-dealkylation sites (tertiary alicyclic amines) is 1. The van der Waals surface area contributed by atoms with Crippen LogP contribution in [0.4, 0.5) is 0 Å². The summed E-state index contributed by atoms with van der Waals surface area (Å²) in [6.07, 6.45) is 3.02. The van der Waals surface area contributed by atoms with Gasteiger partial charge in [-0.15, -0.1) is 0 Å². The molecule has 1 aliphatic heterocycles. The molecule has 102 valence electrons. The first-order valence-electron chi connectivity index (χ1n) is 6.31. The quantitative estimate of drug-likeness (QED) is 0.786. The number of pyridine rings is 1. The molecule has 0 aromatic carbocycles. The predicted octanol–water partition coefficient (Wildman–Crippen LogP) is -0.0269. The van der Waals surface area contributed by atoms with Crippen molar-refractivity contribution in [3.8, 4) is 0 Å². The number of nitrogens with one attached hydrogen (secondary N) is 2. The number of amides is 2. The Hall–Kier alpha value is -2.11. The van der Waals surface area contributed by atoms with Crippen LogP contribution in [0.15, 0.2) is 23.1 Å². The van der Waals surface area contributed by atoms with Crippen LogP contribution in [-0.4, -0.2) is 41.8 Å². The SMILES string of the molecule is CNC(=O)[C@H]1CCCN(C(=O)c2ccc(=O)[nH]c2)C1. The first-order chi connectivity index (χ1) is 9.11. The summed E-state index contributed by atoms with van der Waals surface area (Å²) < 4.78 is 0. The second-order valence-corrected chi connectivity index (χ2v) is 4.65. The van der Waals surface area contributed by atoms with Gasteiger partial charge in [-0.2, -0.15) is 0 Å². The van der Waals surface area contributed by atoms with Gasteiger partial charge < -0.3 is 15.2 Å². The summed E-state index contributed by atoms with van der Waals surface area (Å²) in [5.41, 5.74) is 0.204. The summed E-state index contributed by atoms with van der Waals surface area (Å²) in [4.78, 5) is 39.0. The molecule has 6 nitrogen and oxygen atoms in total. The second-order valence-electron chi connectivity index (χ2n) is 4.65. The van der Waals surface area contributed by atoms with Crippen molar-refractivity contribution in [2.45, 2.75) is 12.8 Å².